The summed E-state index contributed by atoms with van der Waals surface area (Å²) in [7, 11) is 1.96. The van der Waals surface area contributed by atoms with E-state index in [1.807, 2.05) is 30.7 Å². The van der Waals surface area contributed by atoms with Crippen LogP contribution in [0.25, 0.3) is 0 Å². The SMILES string of the molecule is CCCOc1cccc(CCNC(=NCc2nnc(C)n2C)NCc2cccs2)c1.I. The highest BCUT2D eigenvalue weighted by Gasteiger charge is 2.06. The van der Waals surface area contributed by atoms with Crippen molar-refractivity contribution in [3.05, 3.63) is 63.9 Å². The van der Waals surface area contributed by atoms with Gasteiger partial charge in [-0.3, -0.25) is 0 Å². The van der Waals surface area contributed by atoms with Gasteiger partial charge in [-0.1, -0.05) is 25.1 Å². The fraction of sp³-hybridized carbons (Fsp3) is 0.409. The smallest absolute Gasteiger partial charge is 0.192 e. The van der Waals surface area contributed by atoms with Crippen LogP contribution in [0.5, 0.6) is 5.75 Å². The zero-order valence-electron chi connectivity index (χ0n) is 18.3. The van der Waals surface area contributed by atoms with Crippen LogP contribution in [0.4, 0.5) is 0 Å². The number of hydrogen-bond donors (Lipinski definition) is 2. The van der Waals surface area contributed by atoms with E-state index in [0.29, 0.717) is 6.54 Å². The molecule has 0 bridgehead atoms. The van der Waals surface area contributed by atoms with Crippen LogP contribution in [-0.2, 0) is 26.6 Å². The first-order valence-electron chi connectivity index (χ1n) is 10.3. The van der Waals surface area contributed by atoms with Crippen molar-refractivity contribution in [2.75, 3.05) is 13.2 Å². The fourth-order valence-corrected chi connectivity index (χ4v) is 3.48. The van der Waals surface area contributed by atoms with Crippen LogP contribution < -0.4 is 15.4 Å². The first-order chi connectivity index (χ1) is 14.7. The standard InChI is InChI=1S/C22H30N6OS.HI/c1-4-12-29-19-8-5-7-18(14-19)10-11-23-22(24-15-20-9-6-13-30-20)25-16-21-27-26-17(2)28(21)3;/h5-9,13-14H,4,10-12,15-16H2,1-3H3,(H2,23,24,25);1H. The number of rotatable bonds is 10. The molecular formula is C22H31IN6OS. The molecule has 0 aliphatic carbocycles. The van der Waals surface area contributed by atoms with Crippen molar-refractivity contribution in [3.63, 3.8) is 0 Å². The van der Waals surface area contributed by atoms with E-state index in [1.54, 1.807) is 11.3 Å². The predicted octanol–water partition coefficient (Wildman–Crippen LogP) is 4.07. The number of ether oxygens (including phenoxy) is 1. The molecule has 168 valence electrons. The van der Waals surface area contributed by atoms with Crippen molar-refractivity contribution in [1.82, 2.24) is 25.4 Å². The van der Waals surface area contributed by atoms with Crippen LogP contribution in [0.3, 0.4) is 0 Å². The van der Waals surface area contributed by atoms with E-state index >= 15 is 0 Å². The summed E-state index contributed by atoms with van der Waals surface area (Å²) >= 11 is 1.73. The molecule has 3 rings (SSSR count). The maximum atomic E-state index is 5.73. The van der Waals surface area contributed by atoms with E-state index in [4.69, 9.17) is 9.73 Å². The molecule has 0 aliphatic heterocycles. The summed E-state index contributed by atoms with van der Waals surface area (Å²) in [5.41, 5.74) is 1.23. The molecule has 0 amide bonds. The second-order valence-corrected chi connectivity index (χ2v) is 8.03. The van der Waals surface area contributed by atoms with Gasteiger partial charge < -0.3 is 19.9 Å². The quantitative estimate of drug-likeness (QED) is 0.225. The number of aryl methyl sites for hydroxylation is 1. The Hall–Kier alpha value is -2.14. The third-order valence-electron chi connectivity index (χ3n) is 4.65. The summed E-state index contributed by atoms with van der Waals surface area (Å²) in [4.78, 5) is 5.97. The zero-order valence-corrected chi connectivity index (χ0v) is 21.4. The van der Waals surface area contributed by atoms with Gasteiger partial charge in [0.25, 0.3) is 0 Å². The molecule has 7 nitrogen and oxygen atoms in total. The molecule has 0 unspecified atom stereocenters. The molecule has 31 heavy (non-hydrogen) atoms. The summed E-state index contributed by atoms with van der Waals surface area (Å²) in [6.07, 6.45) is 1.89. The maximum absolute atomic E-state index is 5.73. The van der Waals surface area contributed by atoms with E-state index in [9.17, 15) is 0 Å². The maximum Gasteiger partial charge on any atom is 0.192 e. The average molecular weight is 555 g/mol. The number of nitrogens with zero attached hydrogens (tertiary/aromatic N) is 4. The van der Waals surface area contributed by atoms with Crippen molar-refractivity contribution in [1.29, 1.82) is 0 Å². The summed E-state index contributed by atoms with van der Waals surface area (Å²) in [6, 6.07) is 12.4. The minimum Gasteiger partial charge on any atom is -0.494 e. The molecule has 0 aliphatic rings. The minimum atomic E-state index is 0. The Morgan fingerprint density at radius 2 is 2.06 bits per heavy atom. The van der Waals surface area contributed by atoms with Gasteiger partial charge in [-0.15, -0.1) is 45.5 Å². The molecule has 3 aromatic rings. The van der Waals surface area contributed by atoms with Crippen LogP contribution in [0.15, 0.2) is 46.8 Å². The van der Waals surface area contributed by atoms with Crippen molar-refractivity contribution >= 4 is 41.3 Å². The third-order valence-corrected chi connectivity index (χ3v) is 5.53. The van der Waals surface area contributed by atoms with E-state index < -0.39 is 0 Å². The van der Waals surface area contributed by atoms with Gasteiger partial charge in [-0.05, 0) is 48.9 Å². The molecule has 2 N–H and O–H groups in total. The van der Waals surface area contributed by atoms with E-state index in [1.165, 1.54) is 10.4 Å². The normalized spacial score (nSPS) is 11.1. The third kappa shape index (κ3) is 8.13. The van der Waals surface area contributed by atoms with Crippen molar-refractivity contribution in [2.45, 2.75) is 39.8 Å². The highest BCUT2D eigenvalue weighted by molar-refractivity contribution is 14.0. The number of aliphatic imine (C=N–C) groups is 1. The van der Waals surface area contributed by atoms with Gasteiger partial charge in [-0.25, -0.2) is 4.99 Å². The van der Waals surface area contributed by atoms with Gasteiger partial charge in [-0.2, -0.15) is 0 Å². The molecular weight excluding hydrogens is 523 g/mol. The van der Waals surface area contributed by atoms with Crippen LogP contribution in [0, 0.1) is 6.92 Å². The van der Waals surface area contributed by atoms with Crippen molar-refractivity contribution < 1.29 is 4.74 Å². The van der Waals surface area contributed by atoms with Crippen LogP contribution in [0.2, 0.25) is 0 Å². The van der Waals surface area contributed by atoms with Gasteiger partial charge in [0.2, 0.25) is 0 Å². The molecule has 9 heteroatoms. The Bertz CT molecular complexity index is 941. The second kappa shape index (κ2) is 13.3. The second-order valence-electron chi connectivity index (χ2n) is 6.99. The lowest BCUT2D eigenvalue weighted by Gasteiger charge is -2.13. The first-order valence-corrected chi connectivity index (χ1v) is 11.1. The van der Waals surface area contributed by atoms with Gasteiger partial charge >= 0.3 is 0 Å². The van der Waals surface area contributed by atoms with Crippen LogP contribution in [-0.4, -0.2) is 33.9 Å². The summed E-state index contributed by atoms with van der Waals surface area (Å²) in [6.45, 7) is 6.77. The molecule has 2 aromatic heterocycles. The summed E-state index contributed by atoms with van der Waals surface area (Å²) < 4.78 is 7.69. The molecule has 0 fully saturated rings. The number of guanidine groups is 1. The molecule has 0 atom stereocenters. The Balaban J connectivity index is 0.00000341. The topological polar surface area (TPSA) is 76.4 Å². The minimum absolute atomic E-state index is 0. The van der Waals surface area contributed by atoms with E-state index in [-0.39, 0.29) is 24.0 Å². The van der Waals surface area contributed by atoms with Gasteiger partial charge in [0.05, 0.1) is 13.2 Å². The number of nitrogens with one attached hydrogen (secondary N) is 2. The Morgan fingerprint density at radius 3 is 2.77 bits per heavy atom. The molecule has 0 saturated heterocycles. The first kappa shape index (κ1) is 25.1. The molecule has 2 heterocycles. The number of halogens is 1. The van der Waals surface area contributed by atoms with Crippen LogP contribution in [0.1, 0.15) is 35.4 Å². The van der Waals surface area contributed by atoms with Gasteiger partial charge in [0, 0.05) is 18.5 Å². The summed E-state index contributed by atoms with van der Waals surface area (Å²) in [5, 5.41) is 17.2. The fourth-order valence-electron chi connectivity index (χ4n) is 2.83. The monoisotopic (exact) mass is 554 g/mol. The zero-order chi connectivity index (χ0) is 21.2. The number of aromatic nitrogens is 3. The lowest BCUT2D eigenvalue weighted by Crippen LogP contribution is -2.38. The van der Waals surface area contributed by atoms with E-state index in [0.717, 1.165) is 55.9 Å². The predicted molar refractivity (Wildman–Crippen MR) is 137 cm³/mol. The average Bonchev–Trinajstić information content (AvgIpc) is 3.39. The molecule has 1 aromatic carbocycles. The van der Waals surface area contributed by atoms with Gasteiger partial charge in [0.1, 0.15) is 18.1 Å². The highest BCUT2D eigenvalue weighted by Crippen LogP contribution is 2.14. The molecule has 0 radical (unpaired) electrons. The lowest BCUT2D eigenvalue weighted by molar-refractivity contribution is 0.317. The largest absolute Gasteiger partial charge is 0.494 e. The van der Waals surface area contributed by atoms with Crippen LogP contribution >= 0.6 is 35.3 Å². The molecule has 0 spiro atoms. The number of thiophene rings is 1. The van der Waals surface area contributed by atoms with E-state index in [2.05, 4.69) is 57.4 Å². The number of benzene rings is 1. The van der Waals surface area contributed by atoms with Crippen molar-refractivity contribution in [3.8, 4) is 5.75 Å². The van der Waals surface area contributed by atoms with Crippen molar-refractivity contribution in [2.24, 2.45) is 12.0 Å². The highest BCUT2D eigenvalue weighted by atomic mass is 127. The summed E-state index contributed by atoms with van der Waals surface area (Å²) in [5.74, 6) is 3.41. The van der Waals surface area contributed by atoms with Gasteiger partial charge in [0.15, 0.2) is 11.8 Å². The Kier molecular flexibility index (Phi) is 10.8. The Morgan fingerprint density at radius 1 is 1.19 bits per heavy atom. The Labute approximate surface area is 205 Å². The number of hydrogen-bond acceptors (Lipinski definition) is 5. The lowest BCUT2D eigenvalue weighted by atomic mass is 10.1. The molecule has 0 saturated carbocycles.